The number of hydrogen-bond acceptors (Lipinski definition) is 2. The zero-order valence-electron chi connectivity index (χ0n) is 8.83. The number of aryl methyl sites for hydroxylation is 1. The summed E-state index contributed by atoms with van der Waals surface area (Å²) in [6.45, 7) is 2.12. The van der Waals surface area contributed by atoms with E-state index in [-0.39, 0.29) is 0 Å². The zero-order chi connectivity index (χ0) is 10.1. The highest BCUT2D eigenvalue weighted by Crippen LogP contribution is 2.41. The van der Waals surface area contributed by atoms with Gasteiger partial charge < -0.3 is 0 Å². The fraction of sp³-hybridized carbons (Fsp3) is 0.500. The Labute approximate surface area is 85.1 Å². The van der Waals surface area contributed by atoms with Gasteiger partial charge in [-0.05, 0) is 42.4 Å². The summed E-state index contributed by atoms with van der Waals surface area (Å²) in [5, 5.41) is 10.6. The minimum atomic E-state index is 0.790. The lowest BCUT2D eigenvalue weighted by Crippen LogP contribution is -2.12. The van der Waals surface area contributed by atoms with Crippen molar-refractivity contribution in [2.24, 2.45) is 0 Å². The Morgan fingerprint density at radius 2 is 2.14 bits per heavy atom. The first-order valence-electron chi connectivity index (χ1n) is 5.27. The van der Waals surface area contributed by atoms with E-state index in [9.17, 15) is 5.21 Å². The van der Waals surface area contributed by atoms with Crippen LogP contribution in [0.1, 0.15) is 36.8 Å². The van der Waals surface area contributed by atoms with Gasteiger partial charge in [0.1, 0.15) is 0 Å². The standard InChI is InChI=1S/C12H17NO/c1-3-9-8-11(10-4-5-10)6-7-12(9)13(2)14/h6-8,10,14H,3-5H2,1-2H3. The molecule has 1 saturated carbocycles. The predicted octanol–water partition coefficient (Wildman–Crippen LogP) is 2.95. The second kappa shape index (κ2) is 3.62. The van der Waals surface area contributed by atoms with Gasteiger partial charge in [-0.3, -0.25) is 10.3 Å². The molecule has 2 nitrogen and oxygen atoms in total. The quantitative estimate of drug-likeness (QED) is 0.742. The van der Waals surface area contributed by atoms with Crippen LogP contribution in [0.4, 0.5) is 5.69 Å². The maximum Gasteiger partial charge on any atom is 0.0662 e. The highest BCUT2D eigenvalue weighted by Gasteiger charge is 2.24. The normalized spacial score (nSPS) is 15.6. The van der Waals surface area contributed by atoms with Gasteiger partial charge in [0.2, 0.25) is 0 Å². The number of rotatable bonds is 3. The topological polar surface area (TPSA) is 23.5 Å². The van der Waals surface area contributed by atoms with E-state index in [0.717, 1.165) is 18.0 Å². The van der Waals surface area contributed by atoms with Crippen molar-refractivity contribution in [3.05, 3.63) is 29.3 Å². The molecule has 0 bridgehead atoms. The molecule has 0 heterocycles. The molecule has 1 aliphatic rings. The summed E-state index contributed by atoms with van der Waals surface area (Å²) in [6.07, 6.45) is 3.63. The van der Waals surface area contributed by atoms with Gasteiger partial charge in [-0.15, -0.1) is 0 Å². The lowest BCUT2D eigenvalue weighted by molar-refractivity contribution is 0.278. The van der Waals surface area contributed by atoms with Crippen LogP contribution in [-0.2, 0) is 6.42 Å². The minimum Gasteiger partial charge on any atom is -0.289 e. The maximum atomic E-state index is 9.41. The molecule has 0 amide bonds. The van der Waals surface area contributed by atoms with E-state index in [0.29, 0.717) is 0 Å². The molecule has 1 N–H and O–H groups in total. The van der Waals surface area contributed by atoms with E-state index >= 15 is 0 Å². The van der Waals surface area contributed by atoms with E-state index in [2.05, 4.69) is 19.1 Å². The molecule has 0 aromatic heterocycles. The zero-order valence-corrected chi connectivity index (χ0v) is 8.83. The molecule has 0 saturated heterocycles. The van der Waals surface area contributed by atoms with Gasteiger partial charge in [0.25, 0.3) is 0 Å². The van der Waals surface area contributed by atoms with Crippen LogP contribution in [0.3, 0.4) is 0 Å². The Hall–Kier alpha value is -1.02. The molecule has 1 aromatic rings. The lowest BCUT2D eigenvalue weighted by Gasteiger charge is -2.15. The van der Waals surface area contributed by atoms with E-state index < -0.39 is 0 Å². The van der Waals surface area contributed by atoms with E-state index in [4.69, 9.17) is 0 Å². The first-order valence-corrected chi connectivity index (χ1v) is 5.27. The average molecular weight is 191 g/mol. The van der Waals surface area contributed by atoms with Crippen molar-refractivity contribution in [2.75, 3.05) is 12.1 Å². The van der Waals surface area contributed by atoms with Crippen molar-refractivity contribution in [1.82, 2.24) is 0 Å². The van der Waals surface area contributed by atoms with Crippen molar-refractivity contribution in [1.29, 1.82) is 0 Å². The van der Waals surface area contributed by atoms with Crippen molar-refractivity contribution in [3.63, 3.8) is 0 Å². The fourth-order valence-electron chi connectivity index (χ4n) is 1.87. The van der Waals surface area contributed by atoms with Gasteiger partial charge in [-0.25, -0.2) is 0 Å². The largest absolute Gasteiger partial charge is 0.289 e. The van der Waals surface area contributed by atoms with Gasteiger partial charge in [0.15, 0.2) is 0 Å². The van der Waals surface area contributed by atoms with Gasteiger partial charge in [-0.1, -0.05) is 19.1 Å². The third-order valence-corrected chi connectivity index (χ3v) is 2.88. The highest BCUT2D eigenvalue weighted by molar-refractivity contribution is 5.53. The second-order valence-electron chi connectivity index (χ2n) is 4.04. The van der Waals surface area contributed by atoms with Crippen molar-refractivity contribution < 1.29 is 5.21 Å². The molecule has 2 rings (SSSR count). The van der Waals surface area contributed by atoms with Crippen LogP contribution in [0.5, 0.6) is 0 Å². The van der Waals surface area contributed by atoms with Gasteiger partial charge in [-0.2, -0.15) is 0 Å². The molecule has 0 unspecified atom stereocenters. The Morgan fingerprint density at radius 3 is 2.64 bits per heavy atom. The number of hydrogen-bond donors (Lipinski definition) is 1. The lowest BCUT2D eigenvalue weighted by atomic mass is 10.0. The van der Waals surface area contributed by atoms with Gasteiger partial charge in [0, 0.05) is 7.05 Å². The molecule has 0 radical (unpaired) electrons. The van der Waals surface area contributed by atoms with Gasteiger partial charge in [0.05, 0.1) is 5.69 Å². The van der Waals surface area contributed by atoms with E-state index in [1.807, 2.05) is 6.07 Å². The van der Waals surface area contributed by atoms with Gasteiger partial charge >= 0.3 is 0 Å². The molecule has 14 heavy (non-hydrogen) atoms. The number of hydroxylamine groups is 1. The number of anilines is 1. The summed E-state index contributed by atoms with van der Waals surface area (Å²) in [6, 6.07) is 6.39. The van der Waals surface area contributed by atoms with Crippen LogP contribution in [0.25, 0.3) is 0 Å². The molecule has 0 aliphatic heterocycles. The summed E-state index contributed by atoms with van der Waals surface area (Å²) >= 11 is 0. The molecule has 1 aromatic carbocycles. The molecular weight excluding hydrogens is 174 g/mol. The Balaban J connectivity index is 2.33. The molecule has 0 spiro atoms. The molecular formula is C12H17NO. The monoisotopic (exact) mass is 191 g/mol. The van der Waals surface area contributed by atoms with Crippen LogP contribution in [-0.4, -0.2) is 12.3 Å². The van der Waals surface area contributed by atoms with Crippen LogP contribution in [0.2, 0.25) is 0 Å². The Morgan fingerprint density at radius 1 is 1.43 bits per heavy atom. The summed E-state index contributed by atoms with van der Waals surface area (Å²) in [5.41, 5.74) is 3.60. The number of benzene rings is 1. The van der Waals surface area contributed by atoms with E-state index in [1.54, 1.807) is 7.05 Å². The SMILES string of the molecule is CCc1cc(C2CC2)ccc1N(C)O. The molecule has 2 heteroatoms. The summed E-state index contributed by atoms with van der Waals surface area (Å²) in [5.74, 6) is 0.790. The molecule has 1 fully saturated rings. The van der Waals surface area contributed by atoms with Crippen LogP contribution in [0.15, 0.2) is 18.2 Å². The first-order chi connectivity index (χ1) is 6.72. The fourth-order valence-corrected chi connectivity index (χ4v) is 1.87. The van der Waals surface area contributed by atoms with Crippen LogP contribution in [0, 0.1) is 0 Å². The maximum absolute atomic E-state index is 9.41. The summed E-state index contributed by atoms with van der Waals surface area (Å²) in [4.78, 5) is 0. The molecule has 76 valence electrons. The molecule has 1 aliphatic carbocycles. The third-order valence-electron chi connectivity index (χ3n) is 2.88. The Bertz CT molecular complexity index is 329. The van der Waals surface area contributed by atoms with Crippen LogP contribution >= 0.6 is 0 Å². The molecule has 0 atom stereocenters. The first kappa shape index (κ1) is 9.53. The van der Waals surface area contributed by atoms with Crippen LogP contribution < -0.4 is 5.06 Å². The summed E-state index contributed by atoms with van der Waals surface area (Å²) in [7, 11) is 1.67. The van der Waals surface area contributed by atoms with Crippen molar-refractivity contribution in [3.8, 4) is 0 Å². The average Bonchev–Trinajstić information content (AvgIpc) is 3.00. The second-order valence-corrected chi connectivity index (χ2v) is 4.04. The van der Waals surface area contributed by atoms with Crippen molar-refractivity contribution in [2.45, 2.75) is 32.1 Å². The van der Waals surface area contributed by atoms with E-state index in [1.165, 1.54) is 29.0 Å². The Kier molecular flexibility index (Phi) is 2.46. The smallest absolute Gasteiger partial charge is 0.0662 e. The number of nitrogens with zero attached hydrogens (tertiary/aromatic N) is 1. The highest BCUT2D eigenvalue weighted by atomic mass is 16.5. The summed E-state index contributed by atoms with van der Waals surface area (Å²) < 4.78 is 0. The van der Waals surface area contributed by atoms with Crippen molar-refractivity contribution >= 4 is 5.69 Å². The predicted molar refractivity (Wildman–Crippen MR) is 58.0 cm³/mol. The minimum absolute atomic E-state index is 0.790. The third kappa shape index (κ3) is 1.75.